The lowest BCUT2D eigenvalue weighted by atomic mass is 9.88. The highest BCUT2D eigenvalue weighted by Crippen LogP contribution is 2.27. The van der Waals surface area contributed by atoms with Crippen LogP contribution in [0.25, 0.3) is 0 Å². The van der Waals surface area contributed by atoms with E-state index in [2.05, 4.69) is 10.4 Å². The smallest absolute Gasteiger partial charge is 0.305 e. The predicted octanol–water partition coefficient (Wildman–Crippen LogP) is 0.273. The first kappa shape index (κ1) is 10.2. The van der Waals surface area contributed by atoms with Gasteiger partial charge in [0.05, 0.1) is 17.7 Å². The maximum Gasteiger partial charge on any atom is 0.305 e. The maximum atomic E-state index is 10.8. The van der Waals surface area contributed by atoms with Crippen molar-refractivity contribution < 1.29 is 9.90 Å². The molecule has 2 rings (SSSR count). The van der Waals surface area contributed by atoms with Crippen LogP contribution in [0.3, 0.4) is 0 Å². The lowest BCUT2D eigenvalue weighted by Gasteiger charge is -2.42. The first-order chi connectivity index (χ1) is 7.03. The van der Waals surface area contributed by atoms with Crippen LogP contribution in [0, 0.1) is 13.8 Å². The van der Waals surface area contributed by atoms with Crippen LogP contribution >= 0.6 is 0 Å². The summed E-state index contributed by atoms with van der Waals surface area (Å²) in [6.07, 6.45) is 0.127. The zero-order chi connectivity index (χ0) is 11.1. The average Bonchev–Trinajstić information content (AvgIpc) is 2.38. The topological polar surface area (TPSA) is 67.2 Å². The minimum Gasteiger partial charge on any atom is -0.481 e. The molecule has 0 unspecified atom stereocenters. The molecule has 15 heavy (non-hydrogen) atoms. The molecule has 1 aromatic heterocycles. The number of rotatable bonds is 3. The van der Waals surface area contributed by atoms with Crippen molar-refractivity contribution in [3.63, 3.8) is 0 Å². The van der Waals surface area contributed by atoms with Gasteiger partial charge in [0.15, 0.2) is 0 Å². The molecule has 5 nitrogen and oxygen atoms in total. The highest BCUT2D eigenvalue weighted by molar-refractivity contribution is 5.68. The molecular weight excluding hydrogens is 194 g/mol. The highest BCUT2D eigenvalue weighted by Gasteiger charge is 2.42. The Hall–Kier alpha value is -1.36. The Balaban J connectivity index is 2.33. The Bertz CT molecular complexity index is 393. The number of hydrogen-bond acceptors (Lipinski definition) is 3. The fraction of sp³-hybridized carbons (Fsp3) is 0.600. The van der Waals surface area contributed by atoms with E-state index in [0.29, 0.717) is 13.1 Å². The summed E-state index contributed by atoms with van der Waals surface area (Å²) in [6, 6.07) is 1.97. The molecule has 2 N–H and O–H groups in total. The Morgan fingerprint density at radius 1 is 1.67 bits per heavy atom. The normalized spacial score (nSPS) is 18.5. The Kier molecular flexibility index (Phi) is 2.26. The van der Waals surface area contributed by atoms with Crippen LogP contribution in [0.5, 0.6) is 0 Å². The first-order valence-electron chi connectivity index (χ1n) is 5.00. The highest BCUT2D eigenvalue weighted by atomic mass is 16.4. The van der Waals surface area contributed by atoms with Gasteiger partial charge in [-0.3, -0.25) is 9.48 Å². The lowest BCUT2D eigenvalue weighted by molar-refractivity contribution is -0.140. The third kappa shape index (κ3) is 1.63. The van der Waals surface area contributed by atoms with Crippen LogP contribution in [0.15, 0.2) is 6.07 Å². The molecule has 1 aromatic rings. The molecule has 0 aromatic carbocycles. The monoisotopic (exact) mass is 209 g/mol. The van der Waals surface area contributed by atoms with Crippen molar-refractivity contribution in [3.05, 3.63) is 17.5 Å². The lowest BCUT2D eigenvalue weighted by Crippen LogP contribution is -2.62. The van der Waals surface area contributed by atoms with Gasteiger partial charge >= 0.3 is 5.97 Å². The third-order valence-electron chi connectivity index (χ3n) is 2.85. The second kappa shape index (κ2) is 3.34. The molecule has 1 aliphatic heterocycles. The number of nitrogens with zero attached hydrogens (tertiary/aromatic N) is 2. The summed E-state index contributed by atoms with van der Waals surface area (Å²) in [5.41, 5.74) is 1.60. The number of nitrogens with one attached hydrogen (secondary N) is 1. The zero-order valence-electron chi connectivity index (χ0n) is 8.95. The van der Waals surface area contributed by atoms with Gasteiger partial charge in [-0.1, -0.05) is 0 Å². The van der Waals surface area contributed by atoms with Crippen LogP contribution in [-0.2, 0) is 10.3 Å². The summed E-state index contributed by atoms with van der Waals surface area (Å²) < 4.78 is 1.85. The van der Waals surface area contributed by atoms with Crippen molar-refractivity contribution in [1.82, 2.24) is 15.1 Å². The third-order valence-corrected chi connectivity index (χ3v) is 2.85. The van der Waals surface area contributed by atoms with Crippen molar-refractivity contribution in [2.45, 2.75) is 25.8 Å². The fourth-order valence-electron chi connectivity index (χ4n) is 2.15. The minimum atomic E-state index is -0.774. The molecular formula is C10H15N3O2. The number of aliphatic carboxylic acids is 1. The molecule has 0 radical (unpaired) electrons. The number of aryl methyl sites for hydroxylation is 2. The molecule has 82 valence electrons. The van der Waals surface area contributed by atoms with Crippen molar-refractivity contribution in [2.75, 3.05) is 13.1 Å². The maximum absolute atomic E-state index is 10.8. The Morgan fingerprint density at radius 3 is 2.67 bits per heavy atom. The molecule has 0 amide bonds. The Morgan fingerprint density at radius 2 is 2.33 bits per heavy atom. The molecule has 0 saturated carbocycles. The van der Waals surface area contributed by atoms with E-state index in [4.69, 9.17) is 5.11 Å². The van der Waals surface area contributed by atoms with E-state index >= 15 is 0 Å². The molecule has 5 heteroatoms. The van der Waals surface area contributed by atoms with Crippen LogP contribution in [-0.4, -0.2) is 33.9 Å². The Labute approximate surface area is 88.1 Å². The van der Waals surface area contributed by atoms with Gasteiger partial charge in [0, 0.05) is 18.8 Å². The van der Waals surface area contributed by atoms with Crippen LogP contribution in [0.2, 0.25) is 0 Å². The molecule has 0 spiro atoms. The largest absolute Gasteiger partial charge is 0.481 e. The van der Waals surface area contributed by atoms with E-state index in [9.17, 15) is 4.79 Å². The van der Waals surface area contributed by atoms with E-state index in [1.54, 1.807) is 0 Å². The van der Waals surface area contributed by atoms with E-state index in [0.717, 1.165) is 11.4 Å². The number of aromatic nitrogens is 2. The van der Waals surface area contributed by atoms with E-state index in [1.807, 2.05) is 24.6 Å². The van der Waals surface area contributed by atoms with Gasteiger partial charge in [-0.2, -0.15) is 5.10 Å². The summed E-state index contributed by atoms with van der Waals surface area (Å²) in [7, 11) is 0. The minimum absolute atomic E-state index is 0.127. The second-order valence-electron chi connectivity index (χ2n) is 4.24. The van der Waals surface area contributed by atoms with E-state index < -0.39 is 5.97 Å². The molecule has 0 atom stereocenters. The van der Waals surface area contributed by atoms with Gasteiger partial charge in [0.25, 0.3) is 0 Å². The summed E-state index contributed by atoms with van der Waals surface area (Å²) >= 11 is 0. The van der Waals surface area contributed by atoms with Gasteiger partial charge in [0.2, 0.25) is 0 Å². The van der Waals surface area contributed by atoms with Crippen LogP contribution < -0.4 is 5.32 Å². The number of carboxylic acids is 1. The van der Waals surface area contributed by atoms with Crippen molar-refractivity contribution in [2.24, 2.45) is 0 Å². The molecule has 0 bridgehead atoms. The summed E-state index contributed by atoms with van der Waals surface area (Å²) in [5, 5.41) is 16.4. The molecule has 2 heterocycles. The predicted molar refractivity (Wildman–Crippen MR) is 54.8 cm³/mol. The average molecular weight is 209 g/mol. The van der Waals surface area contributed by atoms with Gasteiger partial charge < -0.3 is 10.4 Å². The van der Waals surface area contributed by atoms with Crippen molar-refractivity contribution >= 4 is 5.97 Å². The van der Waals surface area contributed by atoms with E-state index in [-0.39, 0.29) is 12.0 Å². The number of carboxylic acid groups (broad SMARTS) is 1. The van der Waals surface area contributed by atoms with Crippen LogP contribution in [0.1, 0.15) is 17.8 Å². The number of carbonyl (C=O) groups is 1. The van der Waals surface area contributed by atoms with Crippen molar-refractivity contribution in [3.8, 4) is 0 Å². The SMILES string of the molecule is Cc1cc(C)n(C2(CC(=O)O)CNC2)n1. The zero-order valence-corrected chi connectivity index (χ0v) is 8.95. The van der Waals surface area contributed by atoms with Gasteiger partial charge in [0.1, 0.15) is 0 Å². The number of hydrogen-bond donors (Lipinski definition) is 2. The standard InChI is InChI=1S/C10H15N3O2/c1-7-3-8(2)13(12-7)10(4-9(14)15)5-11-6-10/h3,11H,4-6H2,1-2H3,(H,14,15). The van der Waals surface area contributed by atoms with Gasteiger partial charge in [-0.25, -0.2) is 0 Å². The fourth-order valence-corrected chi connectivity index (χ4v) is 2.15. The molecule has 1 fully saturated rings. The molecule has 1 aliphatic rings. The first-order valence-corrected chi connectivity index (χ1v) is 5.00. The van der Waals surface area contributed by atoms with Gasteiger partial charge in [-0.05, 0) is 19.9 Å². The van der Waals surface area contributed by atoms with Crippen LogP contribution in [0.4, 0.5) is 0 Å². The molecule has 0 aliphatic carbocycles. The quantitative estimate of drug-likeness (QED) is 0.750. The van der Waals surface area contributed by atoms with E-state index in [1.165, 1.54) is 0 Å². The summed E-state index contributed by atoms with van der Waals surface area (Å²) in [5.74, 6) is -0.774. The summed E-state index contributed by atoms with van der Waals surface area (Å²) in [4.78, 5) is 10.8. The second-order valence-corrected chi connectivity index (χ2v) is 4.24. The van der Waals surface area contributed by atoms with Gasteiger partial charge in [-0.15, -0.1) is 0 Å². The summed E-state index contributed by atoms with van der Waals surface area (Å²) in [6.45, 7) is 5.24. The molecule has 1 saturated heterocycles. The van der Waals surface area contributed by atoms with Crippen molar-refractivity contribution in [1.29, 1.82) is 0 Å².